The average molecular weight is 326 g/mol. The summed E-state index contributed by atoms with van der Waals surface area (Å²) in [6.45, 7) is 1.77. The first kappa shape index (κ1) is 17.1. The summed E-state index contributed by atoms with van der Waals surface area (Å²) in [7, 11) is 0. The molecule has 0 saturated carbocycles. The fourth-order valence-electron chi connectivity index (χ4n) is 2.42. The maximum absolute atomic E-state index is 12.5. The number of rotatable bonds is 5. The van der Waals surface area contributed by atoms with E-state index in [2.05, 4.69) is 21.4 Å². The Bertz CT molecular complexity index is 574. The summed E-state index contributed by atoms with van der Waals surface area (Å²) in [4.78, 5) is 14.0. The average Bonchev–Trinajstić information content (AvgIpc) is 3.00. The van der Waals surface area contributed by atoms with Crippen molar-refractivity contribution in [2.75, 3.05) is 18.0 Å². The molecule has 1 N–H and O–H groups in total. The van der Waals surface area contributed by atoms with Crippen LogP contribution in [0.4, 0.5) is 19.0 Å². The molecule has 1 aliphatic rings. The maximum atomic E-state index is 12.5. The lowest BCUT2D eigenvalue weighted by Gasteiger charge is -2.18. The molecule has 1 aromatic rings. The van der Waals surface area contributed by atoms with Crippen LogP contribution in [0.25, 0.3) is 0 Å². The van der Waals surface area contributed by atoms with Gasteiger partial charge in [-0.15, -0.1) is 22.5 Å². The molecular weight excluding hydrogens is 309 g/mol. The highest BCUT2D eigenvalue weighted by atomic mass is 19.4. The van der Waals surface area contributed by atoms with Gasteiger partial charge in [0, 0.05) is 25.6 Å². The predicted octanol–water partition coefficient (Wildman–Crippen LogP) is 2.15. The van der Waals surface area contributed by atoms with Gasteiger partial charge in [0.1, 0.15) is 0 Å². The van der Waals surface area contributed by atoms with E-state index in [0.29, 0.717) is 5.82 Å². The standard InChI is InChI=1S/C15H17F3N4O/c1-2-5-11(10-15(16,17)18)19-14(23)12-6-7-13(21-20-12)22-8-3-4-9-22/h1,6-7,11H,3-5,8-10H2,(H,19,23)/t11-/m1/s1. The molecule has 0 unspecified atom stereocenters. The molecule has 0 radical (unpaired) electrons. The van der Waals surface area contributed by atoms with Crippen LogP contribution in [0.5, 0.6) is 0 Å². The first-order chi connectivity index (χ1) is 10.9. The Balaban J connectivity index is 1.99. The van der Waals surface area contributed by atoms with E-state index in [9.17, 15) is 18.0 Å². The quantitative estimate of drug-likeness (QED) is 0.843. The molecule has 0 bridgehead atoms. The van der Waals surface area contributed by atoms with Crippen molar-refractivity contribution in [3.05, 3.63) is 17.8 Å². The number of hydrogen-bond acceptors (Lipinski definition) is 4. The van der Waals surface area contributed by atoms with E-state index in [1.807, 2.05) is 4.90 Å². The number of alkyl halides is 3. The number of anilines is 1. The number of nitrogens with zero attached hydrogens (tertiary/aromatic N) is 3. The van der Waals surface area contributed by atoms with Crippen LogP contribution in [0.3, 0.4) is 0 Å². The van der Waals surface area contributed by atoms with Gasteiger partial charge in [-0.25, -0.2) is 0 Å². The van der Waals surface area contributed by atoms with Crippen molar-refractivity contribution < 1.29 is 18.0 Å². The largest absolute Gasteiger partial charge is 0.391 e. The lowest BCUT2D eigenvalue weighted by Crippen LogP contribution is -2.38. The summed E-state index contributed by atoms with van der Waals surface area (Å²) in [6, 6.07) is 1.93. The van der Waals surface area contributed by atoms with Gasteiger partial charge in [-0.2, -0.15) is 13.2 Å². The Morgan fingerprint density at radius 2 is 2.04 bits per heavy atom. The topological polar surface area (TPSA) is 58.1 Å². The predicted molar refractivity (Wildman–Crippen MR) is 78.9 cm³/mol. The number of halogens is 3. The van der Waals surface area contributed by atoms with Crippen LogP contribution in [-0.4, -0.2) is 41.4 Å². The normalized spacial score (nSPS) is 16.0. The minimum Gasteiger partial charge on any atom is -0.355 e. The van der Waals surface area contributed by atoms with Crippen LogP contribution >= 0.6 is 0 Å². The zero-order valence-corrected chi connectivity index (χ0v) is 12.4. The second-order valence-corrected chi connectivity index (χ2v) is 5.37. The first-order valence-electron chi connectivity index (χ1n) is 7.29. The van der Waals surface area contributed by atoms with Crippen LogP contribution < -0.4 is 10.2 Å². The van der Waals surface area contributed by atoms with E-state index >= 15 is 0 Å². The highest BCUT2D eigenvalue weighted by Crippen LogP contribution is 2.23. The second kappa shape index (κ2) is 7.31. The summed E-state index contributed by atoms with van der Waals surface area (Å²) >= 11 is 0. The van der Waals surface area contributed by atoms with Gasteiger partial charge in [-0.05, 0) is 25.0 Å². The van der Waals surface area contributed by atoms with E-state index in [4.69, 9.17) is 6.42 Å². The molecule has 1 aromatic heterocycles. The lowest BCUT2D eigenvalue weighted by molar-refractivity contribution is -0.139. The second-order valence-electron chi connectivity index (χ2n) is 5.37. The van der Waals surface area contributed by atoms with Crippen molar-refractivity contribution in [2.45, 2.75) is 37.9 Å². The van der Waals surface area contributed by atoms with E-state index < -0.39 is 24.5 Å². The van der Waals surface area contributed by atoms with Crippen LogP contribution in [0.15, 0.2) is 12.1 Å². The highest BCUT2D eigenvalue weighted by molar-refractivity contribution is 5.92. The SMILES string of the molecule is C#CC[C@H](CC(F)(F)F)NC(=O)c1ccc(N2CCCC2)nn1. The molecule has 0 aromatic carbocycles. The number of amides is 1. The molecule has 1 amide bonds. The van der Waals surface area contributed by atoms with Crippen molar-refractivity contribution >= 4 is 11.7 Å². The van der Waals surface area contributed by atoms with Gasteiger partial charge in [0.15, 0.2) is 11.5 Å². The zero-order valence-electron chi connectivity index (χ0n) is 12.4. The molecule has 1 atom stereocenters. The van der Waals surface area contributed by atoms with Crippen molar-refractivity contribution in [1.29, 1.82) is 0 Å². The summed E-state index contributed by atoms with van der Waals surface area (Å²) in [5.41, 5.74) is -0.0304. The van der Waals surface area contributed by atoms with Crippen LogP contribution in [0.2, 0.25) is 0 Å². The molecule has 23 heavy (non-hydrogen) atoms. The van der Waals surface area contributed by atoms with Gasteiger partial charge >= 0.3 is 6.18 Å². The van der Waals surface area contributed by atoms with Gasteiger partial charge < -0.3 is 10.2 Å². The van der Waals surface area contributed by atoms with E-state index in [0.717, 1.165) is 25.9 Å². The van der Waals surface area contributed by atoms with Crippen molar-refractivity contribution in [1.82, 2.24) is 15.5 Å². The van der Waals surface area contributed by atoms with Crippen molar-refractivity contribution in [3.8, 4) is 12.3 Å². The summed E-state index contributed by atoms with van der Waals surface area (Å²) in [6.07, 6.45) is 1.42. The molecule has 1 saturated heterocycles. The van der Waals surface area contributed by atoms with E-state index in [1.54, 1.807) is 6.07 Å². The summed E-state index contributed by atoms with van der Waals surface area (Å²) in [5, 5.41) is 10.0. The van der Waals surface area contributed by atoms with Gasteiger partial charge in [0.25, 0.3) is 5.91 Å². The van der Waals surface area contributed by atoms with E-state index in [1.165, 1.54) is 6.07 Å². The number of hydrogen-bond donors (Lipinski definition) is 1. The molecule has 2 heterocycles. The Kier molecular flexibility index (Phi) is 5.42. The fraction of sp³-hybridized carbons (Fsp3) is 0.533. The van der Waals surface area contributed by atoms with Gasteiger partial charge in [-0.3, -0.25) is 4.79 Å². The van der Waals surface area contributed by atoms with Crippen LogP contribution in [-0.2, 0) is 0 Å². The monoisotopic (exact) mass is 326 g/mol. The van der Waals surface area contributed by atoms with Crippen molar-refractivity contribution in [3.63, 3.8) is 0 Å². The molecule has 8 heteroatoms. The number of terminal acetylenes is 1. The lowest BCUT2D eigenvalue weighted by atomic mass is 10.1. The fourth-order valence-corrected chi connectivity index (χ4v) is 2.42. The first-order valence-corrected chi connectivity index (χ1v) is 7.29. The molecule has 0 spiro atoms. The Hall–Kier alpha value is -2.30. The minimum absolute atomic E-state index is 0.0304. The van der Waals surface area contributed by atoms with Crippen LogP contribution in [0.1, 0.15) is 36.2 Å². The number of carbonyl (C=O) groups excluding carboxylic acids is 1. The zero-order chi connectivity index (χ0) is 16.9. The molecule has 124 valence electrons. The molecule has 0 aliphatic carbocycles. The smallest absolute Gasteiger partial charge is 0.355 e. The third-order valence-corrected chi connectivity index (χ3v) is 3.49. The summed E-state index contributed by atoms with van der Waals surface area (Å²) < 4.78 is 37.4. The van der Waals surface area contributed by atoms with Crippen molar-refractivity contribution in [2.24, 2.45) is 0 Å². The summed E-state index contributed by atoms with van der Waals surface area (Å²) in [5.74, 6) is 2.08. The molecule has 1 fully saturated rings. The molecule has 1 aliphatic heterocycles. The Labute approximate surface area is 132 Å². The molecule has 2 rings (SSSR count). The molecule has 5 nitrogen and oxygen atoms in total. The Morgan fingerprint density at radius 1 is 1.35 bits per heavy atom. The van der Waals surface area contributed by atoms with E-state index in [-0.39, 0.29) is 12.1 Å². The molecular formula is C15H17F3N4O. The number of carbonyl (C=O) groups is 1. The highest BCUT2D eigenvalue weighted by Gasteiger charge is 2.32. The third kappa shape index (κ3) is 5.13. The van der Waals surface area contributed by atoms with Gasteiger partial charge in [-0.1, -0.05) is 0 Å². The van der Waals surface area contributed by atoms with Gasteiger partial charge in [0.2, 0.25) is 0 Å². The maximum Gasteiger partial charge on any atom is 0.391 e. The number of nitrogens with one attached hydrogen (secondary N) is 1. The minimum atomic E-state index is -4.40. The van der Waals surface area contributed by atoms with Gasteiger partial charge in [0.05, 0.1) is 6.42 Å². The third-order valence-electron chi connectivity index (χ3n) is 3.49. The number of aromatic nitrogens is 2. The van der Waals surface area contributed by atoms with Crippen LogP contribution in [0, 0.1) is 12.3 Å². The Morgan fingerprint density at radius 3 is 2.57 bits per heavy atom.